The topological polar surface area (TPSA) is 15.3 Å². The van der Waals surface area contributed by atoms with Crippen LogP contribution in [-0.4, -0.2) is 37.1 Å². The Kier molecular flexibility index (Phi) is 6.22. The molecule has 0 spiro atoms. The van der Waals surface area contributed by atoms with Gasteiger partial charge in [-0.25, -0.2) is 0 Å². The highest BCUT2D eigenvalue weighted by molar-refractivity contribution is 5.34. The lowest BCUT2D eigenvalue weighted by atomic mass is 9.82. The molecule has 114 valence electrons. The zero-order chi connectivity index (χ0) is 15.3. The fourth-order valence-electron chi connectivity index (χ4n) is 3.01. The van der Waals surface area contributed by atoms with Crippen LogP contribution in [-0.2, 0) is 6.42 Å². The van der Waals surface area contributed by atoms with Crippen LogP contribution in [0.4, 0.5) is 0 Å². The van der Waals surface area contributed by atoms with Crippen molar-refractivity contribution in [1.82, 2.24) is 10.2 Å². The molecule has 0 heterocycles. The molecule has 0 aliphatic rings. The van der Waals surface area contributed by atoms with Crippen molar-refractivity contribution >= 4 is 0 Å². The van der Waals surface area contributed by atoms with Gasteiger partial charge in [0.25, 0.3) is 0 Å². The molecular formula is C18H32N2. The predicted octanol–water partition coefficient (Wildman–Crippen LogP) is 3.55. The van der Waals surface area contributed by atoms with Gasteiger partial charge in [0.1, 0.15) is 0 Å². The van der Waals surface area contributed by atoms with Gasteiger partial charge in [-0.05, 0) is 70.9 Å². The summed E-state index contributed by atoms with van der Waals surface area (Å²) in [5.41, 5.74) is 4.49. The highest BCUT2D eigenvalue weighted by Crippen LogP contribution is 2.26. The summed E-state index contributed by atoms with van der Waals surface area (Å²) in [5, 5.41) is 3.72. The van der Waals surface area contributed by atoms with E-state index < -0.39 is 0 Å². The molecule has 2 nitrogen and oxygen atoms in total. The highest BCUT2D eigenvalue weighted by atomic mass is 15.2. The van der Waals surface area contributed by atoms with E-state index in [4.69, 9.17) is 0 Å². The first-order valence-corrected chi connectivity index (χ1v) is 7.82. The molecule has 20 heavy (non-hydrogen) atoms. The molecule has 2 unspecified atom stereocenters. The van der Waals surface area contributed by atoms with Crippen LogP contribution < -0.4 is 5.32 Å². The number of likely N-dealkylation sites (N-methyl/N-ethyl adjacent to an activating group) is 2. The minimum atomic E-state index is 0.171. The van der Waals surface area contributed by atoms with E-state index in [1.165, 1.54) is 16.7 Å². The number of nitrogens with zero attached hydrogens (tertiary/aromatic N) is 1. The molecule has 0 saturated carbocycles. The minimum Gasteiger partial charge on any atom is -0.312 e. The Morgan fingerprint density at radius 1 is 1.15 bits per heavy atom. The maximum atomic E-state index is 3.72. The fourth-order valence-corrected chi connectivity index (χ4v) is 3.01. The molecule has 0 aromatic heterocycles. The van der Waals surface area contributed by atoms with E-state index in [9.17, 15) is 0 Å². The summed E-state index contributed by atoms with van der Waals surface area (Å²) >= 11 is 0. The fraction of sp³-hybridized carbons (Fsp3) is 0.667. The lowest BCUT2D eigenvalue weighted by molar-refractivity contribution is 0.113. The second-order valence-electron chi connectivity index (χ2n) is 6.29. The van der Waals surface area contributed by atoms with Crippen LogP contribution in [0, 0.1) is 13.8 Å². The lowest BCUT2D eigenvalue weighted by Crippen LogP contribution is -2.57. The van der Waals surface area contributed by atoms with Crippen molar-refractivity contribution in [3.05, 3.63) is 34.9 Å². The van der Waals surface area contributed by atoms with E-state index in [0.717, 1.165) is 19.4 Å². The second kappa shape index (κ2) is 7.24. The molecule has 0 amide bonds. The maximum absolute atomic E-state index is 3.72. The summed E-state index contributed by atoms with van der Waals surface area (Å²) in [5.74, 6) is 0. The largest absolute Gasteiger partial charge is 0.312 e. The summed E-state index contributed by atoms with van der Waals surface area (Å²) in [6, 6.07) is 7.07. The van der Waals surface area contributed by atoms with Crippen molar-refractivity contribution < 1.29 is 0 Å². The first-order chi connectivity index (χ1) is 9.36. The molecule has 0 aliphatic carbocycles. The third-order valence-electron chi connectivity index (χ3n) is 4.99. The third kappa shape index (κ3) is 3.62. The van der Waals surface area contributed by atoms with Gasteiger partial charge in [-0.2, -0.15) is 0 Å². The van der Waals surface area contributed by atoms with E-state index in [0.29, 0.717) is 6.04 Å². The summed E-state index contributed by atoms with van der Waals surface area (Å²) < 4.78 is 0. The molecule has 1 aromatic rings. The molecule has 2 heteroatoms. The first kappa shape index (κ1) is 17.2. The van der Waals surface area contributed by atoms with Crippen LogP contribution in [0.15, 0.2) is 18.2 Å². The molecule has 0 radical (unpaired) electrons. The molecule has 1 aromatic carbocycles. The quantitative estimate of drug-likeness (QED) is 0.819. The van der Waals surface area contributed by atoms with Crippen molar-refractivity contribution in [3.63, 3.8) is 0 Å². The third-order valence-corrected chi connectivity index (χ3v) is 4.99. The van der Waals surface area contributed by atoms with Crippen LogP contribution in [0.1, 0.15) is 43.9 Å². The number of rotatable bonds is 7. The Labute approximate surface area is 125 Å². The molecule has 0 fully saturated rings. The molecule has 0 saturated heterocycles. The summed E-state index contributed by atoms with van der Waals surface area (Å²) in [4.78, 5) is 2.37. The zero-order valence-corrected chi connectivity index (χ0v) is 14.4. The van der Waals surface area contributed by atoms with Gasteiger partial charge in [0.2, 0.25) is 0 Å². The van der Waals surface area contributed by atoms with Crippen LogP contribution in [0.3, 0.4) is 0 Å². The van der Waals surface area contributed by atoms with Crippen molar-refractivity contribution in [2.45, 2.75) is 59.0 Å². The molecule has 1 N–H and O–H groups in total. The molecular weight excluding hydrogens is 244 g/mol. The summed E-state index contributed by atoms with van der Waals surface area (Å²) in [6.45, 7) is 12.3. The van der Waals surface area contributed by atoms with Crippen LogP contribution in [0.25, 0.3) is 0 Å². The van der Waals surface area contributed by atoms with Gasteiger partial charge >= 0.3 is 0 Å². The van der Waals surface area contributed by atoms with Crippen molar-refractivity contribution in [1.29, 1.82) is 0 Å². The van der Waals surface area contributed by atoms with Gasteiger partial charge in [-0.3, -0.25) is 0 Å². The number of aryl methyl sites for hydroxylation is 2. The van der Waals surface area contributed by atoms with Gasteiger partial charge in [0, 0.05) is 11.6 Å². The SMILES string of the molecule is CCNC(Cc1c(C)cccc1C)C(C)(CC)N(C)C. The Morgan fingerprint density at radius 3 is 2.10 bits per heavy atom. The average Bonchev–Trinajstić information content (AvgIpc) is 2.40. The van der Waals surface area contributed by atoms with E-state index in [-0.39, 0.29) is 5.54 Å². The average molecular weight is 276 g/mol. The molecule has 0 bridgehead atoms. The number of hydrogen-bond donors (Lipinski definition) is 1. The van der Waals surface area contributed by atoms with E-state index in [2.05, 4.69) is 77.1 Å². The Hall–Kier alpha value is -0.860. The van der Waals surface area contributed by atoms with Crippen LogP contribution >= 0.6 is 0 Å². The van der Waals surface area contributed by atoms with E-state index in [1.807, 2.05) is 0 Å². The maximum Gasteiger partial charge on any atom is 0.0328 e. The number of nitrogens with one attached hydrogen (secondary N) is 1. The standard InChI is InChI=1S/C18H32N2/c1-8-18(5,20(6)7)17(19-9-2)13-16-14(3)11-10-12-15(16)4/h10-12,17,19H,8-9,13H2,1-7H3. The zero-order valence-electron chi connectivity index (χ0n) is 14.4. The smallest absolute Gasteiger partial charge is 0.0328 e. The Bertz CT molecular complexity index is 405. The Morgan fingerprint density at radius 2 is 1.70 bits per heavy atom. The Balaban J connectivity index is 3.09. The lowest BCUT2D eigenvalue weighted by Gasteiger charge is -2.43. The number of benzene rings is 1. The van der Waals surface area contributed by atoms with Crippen LogP contribution in [0.2, 0.25) is 0 Å². The molecule has 2 atom stereocenters. The van der Waals surface area contributed by atoms with Gasteiger partial charge in [-0.1, -0.05) is 32.0 Å². The summed E-state index contributed by atoms with van der Waals surface area (Å²) in [7, 11) is 4.39. The van der Waals surface area contributed by atoms with Gasteiger partial charge < -0.3 is 10.2 Å². The van der Waals surface area contributed by atoms with Gasteiger partial charge in [-0.15, -0.1) is 0 Å². The normalized spacial score (nSPS) is 16.2. The highest BCUT2D eigenvalue weighted by Gasteiger charge is 2.34. The summed E-state index contributed by atoms with van der Waals surface area (Å²) in [6.07, 6.45) is 2.23. The minimum absolute atomic E-state index is 0.171. The molecule has 1 rings (SSSR count). The second-order valence-corrected chi connectivity index (χ2v) is 6.29. The number of hydrogen-bond acceptors (Lipinski definition) is 2. The predicted molar refractivity (Wildman–Crippen MR) is 89.5 cm³/mol. The monoisotopic (exact) mass is 276 g/mol. The van der Waals surface area contributed by atoms with Crippen molar-refractivity contribution in [3.8, 4) is 0 Å². The molecule has 0 aliphatic heterocycles. The van der Waals surface area contributed by atoms with Gasteiger partial charge in [0.05, 0.1) is 0 Å². The van der Waals surface area contributed by atoms with E-state index >= 15 is 0 Å². The van der Waals surface area contributed by atoms with Crippen molar-refractivity contribution in [2.24, 2.45) is 0 Å². The van der Waals surface area contributed by atoms with Gasteiger partial charge in [0.15, 0.2) is 0 Å². The van der Waals surface area contributed by atoms with Crippen LogP contribution in [0.5, 0.6) is 0 Å². The first-order valence-electron chi connectivity index (χ1n) is 7.82. The van der Waals surface area contributed by atoms with Crippen molar-refractivity contribution in [2.75, 3.05) is 20.6 Å². The van der Waals surface area contributed by atoms with E-state index in [1.54, 1.807) is 0 Å².